The standard InChI is InChI=1S/C24H38O4.C4H4O.C3H6/c1-3-5-7-9-11-15-19-27-23(25)21-17-13-14-18-22(21)24(26)28-20-16-12-10-8-6-4-2;1-2-4-5-3-1;1-3-2/h13-14,17-18H,3-12,15-16,19-20H2,1-2H3;1-4H;3H,1H2,2H3. The number of esters is 2. The van der Waals surface area contributed by atoms with E-state index in [-0.39, 0.29) is 0 Å². The molecule has 0 aliphatic rings. The predicted octanol–water partition coefficient (Wildman–Crippen LogP) is 9.19. The van der Waals surface area contributed by atoms with E-state index in [9.17, 15) is 9.59 Å². The van der Waals surface area contributed by atoms with E-state index in [1.807, 2.05) is 19.1 Å². The Morgan fingerprint density at radius 2 is 1.06 bits per heavy atom. The van der Waals surface area contributed by atoms with Crippen LogP contribution in [0.15, 0.2) is 66.0 Å². The van der Waals surface area contributed by atoms with E-state index in [1.54, 1.807) is 42.9 Å². The molecule has 0 saturated heterocycles. The van der Waals surface area contributed by atoms with Gasteiger partial charge in [0.25, 0.3) is 0 Å². The van der Waals surface area contributed by atoms with Gasteiger partial charge in [-0.25, -0.2) is 9.59 Å². The largest absolute Gasteiger partial charge is 0.473 e. The van der Waals surface area contributed by atoms with Crippen LogP contribution < -0.4 is 0 Å². The number of ether oxygens (including phenoxy) is 2. The van der Waals surface area contributed by atoms with Crippen LogP contribution in [0.1, 0.15) is 119 Å². The molecule has 0 amide bonds. The minimum absolute atomic E-state index is 0.293. The van der Waals surface area contributed by atoms with E-state index in [2.05, 4.69) is 24.8 Å². The Morgan fingerprint density at radius 3 is 1.39 bits per heavy atom. The van der Waals surface area contributed by atoms with Gasteiger partial charge in [-0.2, -0.15) is 0 Å². The molecule has 5 heteroatoms. The highest BCUT2D eigenvalue weighted by Gasteiger charge is 2.18. The maximum atomic E-state index is 12.4. The van der Waals surface area contributed by atoms with Gasteiger partial charge in [-0.1, -0.05) is 96.3 Å². The molecule has 0 spiro atoms. The quantitative estimate of drug-likeness (QED) is 0.131. The van der Waals surface area contributed by atoms with Gasteiger partial charge in [-0.3, -0.25) is 0 Å². The third-order valence-corrected chi connectivity index (χ3v) is 5.25. The molecule has 0 aliphatic heterocycles. The summed E-state index contributed by atoms with van der Waals surface area (Å²) in [6.45, 7) is 10.4. The first kappa shape index (κ1) is 33.2. The van der Waals surface area contributed by atoms with Gasteiger partial charge >= 0.3 is 11.9 Å². The van der Waals surface area contributed by atoms with Crippen LogP contribution in [0, 0.1) is 0 Å². The second-order valence-corrected chi connectivity index (χ2v) is 8.55. The van der Waals surface area contributed by atoms with Gasteiger partial charge in [0.2, 0.25) is 0 Å². The van der Waals surface area contributed by atoms with Crippen molar-refractivity contribution in [2.75, 3.05) is 13.2 Å². The van der Waals surface area contributed by atoms with Crippen LogP contribution in [-0.2, 0) is 9.47 Å². The molecule has 0 radical (unpaired) electrons. The maximum Gasteiger partial charge on any atom is 0.339 e. The van der Waals surface area contributed by atoms with E-state index >= 15 is 0 Å². The first-order chi connectivity index (χ1) is 17.6. The number of allylic oxidation sites excluding steroid dienone is 1. The number of carbonyl (C=O) groups excluding carboxylic acids is 2. The van der Waals surface area contributed by atoms with E-state index in [0.29, 0.717) is 24.3 Å². The summed E-state index contributed by atoms with van der Waals surface area (Å²) in [6, 6.07) is 10.4. The summed E-state index contributed by atoms with van der Waals surface area (Å²) >= 11 is 0. The number of hydrogen-bond acceptors (Lipinski definition) is 5. The maximum absolute atomic E-state index is 12.4. The topological polar surface area (TPSA) is 65.7 Å². The van der Waals surface area contributed by atoms with E-state index in [0.717, 1.165) is 25.7 Å². The number of benzene rings is 1. The minimum Gasteiger partial charge on any atom is -0.473 e. The molecule has 202 valence electrons. The molecule has 0 saturated carbocycles. The second kappa shape index (κ2) is 25.3. The Hall–Kier alpha value is -2.82. The van der Waals surface area contributed by atoms with Crippen LogP contribution in [-0.4, -0.2) is 25.2 Å². The summed E-state index contributed by atoms with van der Waals surface area (Å²) in [5.41, 5.74) is 0.586. The second-order valence-electron chi connectivity index (χ2n) is 8.55. The zero-order valence-corrected chi connectivity index (χ0v) is 22.8. The molecular formula is C31H48O5. The van der Waals surface area contributed by atoms with Crippen molar-refractivity contribution in [3.8, 4) is 0 Å². The van der Waals surface area contributed by atoms with Crippen molar-refractivity contribution < 1.29 is 23.5 Å². The number of hydrogen-bond donors (Lipinski definition) is 0. The van der Waals surface area contributed by atoms with Crippen molar-refractivity contribution >= 4 is 11.9 Å². The molecule has 1 heterocycles. The van der Waals surface area contributed by atoms with Gasteiger partial charge in [0.15, 0.2) is 0 Å². The first-order valence-electron chi connectivity index (χ1n) is 13.6. The van der Waals surface area contributed by atoms with Crippen molar-refractivity contribution in [1.29, 1.82) is 0 Å². The normalized spacial score (nSPS) is 9.75. The van der Waals surface area contributed by atoms with Gasteiger partial charge < -0.3 is 13.9 Å². The van der Waals surface area contributed by atoms with Crippen molar-refractivity contribution in [3.05, 3.63) is 72.7 Å². The molecule has 5 nitrogen and oxygen atoms in total. The molecule has 1 aromatic carbocycles. The molecule has 0 bridgehead atoms. The Bertz CT molecular complexity index is 701. The lowest BCUT2D eigenvalue weighted by Gasteiger charge is -2.10. The van der Waals surface area contributed by atoms with Crippen molar-refractivity contribution in [3.63, 3.8) is 0 Å². The van der Waals surface area contributed by atoms with Crippen molar-refractivity contribution in [2.45, 2.75) is 97.8 Å². The van der Waals surface area contributed by atoms with Gasteiger partial charge in [0, 0.05) is 0 Å². The van der Waals surface area contributed by atoms with Gasteiger partial charge in [-0.15, -0.1) is 6.58 Å². The molecule has 36 heavy (non-hydrogen) atoms. The number of rotatable bonds is 16. The predicted molar refractivity (Wildman–Crippen MR) is 148 cm³/mol. The third-order valence-electron chi connectivity index (χ3n) is 5.25. The highest BCUT2D eigenvalue weighted by atomic mass is 16.5. The van der Waals surface area contributed by atoms with Crippen LogP contribution >= 0.6 is 0 Å². The Morgan fingerprint density at radius 1 is 0.694 bits per heavy atom. The number of unbranched alkanes of at least 4 members (excludes halogenated alkanes) is 10. The molecular weight excluding hydrogens is 452 g/mol. The molecule has 0 N–H and O–H groups in total. The summed E-state index contributed by atoms with van der Waals surface area (Å²) in [5.74, 6) is -0.888. The summed E-state index contributed by atoms with van der Waals surface area (Å²) in [4.78, 5) is 24.7. The molecule has 2 rings (SSSR count). The van der Waals surface area contributed by atoms with Crippen LogP contribution in [0.4, 0.5) is 0 Å². The fourth-order valence-electron chi connectivity index (χ4n) is 3.32. The first-order valence-corrected chi connectivity index (χ1v) is 13.6. The number of carbonyl (C=O) groups is 2. The highest BCUT2D eigenvalue weighted by molar-refractivity contribution is 6.03. The lowest BCUT2D eigenvalue weighted by molar-refractivity contribution is 0.0450. The van der Waals surface area contributed by atoms with Crippen LogP contribution in [0.3, 0.4) is 0 Å². The molecule has 0 fully saturated rings. The summed E-state index contributed by atoms with van der Waals surface area (Å²) in [7, 11) is 0. The molecule has 0 atom stereocenters. The van der Waals surface area contributed by atoms with Crippen LogP contribution in [0.2, 0.25) is 0 Å². The smallest absolute Gasteiger partial charge is 0.339 e. The van der Waals surface area contributed by atoms with E-state index < -0.39 is 11.9 Å². The average molecular weight is 501 g/mol. The zero-order chi connectivity index (χ0) is 26.7. The third kappa shape index (κ3) is 18.5. The SMILES string of the molecule is C=CC.CCCCCCCCOC(=O)c1ccccc1C(=O)OCCCCCCCC.c1ccoc1. The molecule has 0 unspecified atom stereocenters. The van der Waals surface area contributed by atoms with E-state index in [4.69, 9.17) is 9.47 Å². The lowest BCUT2D eigenvalue weighted by Crippen LogP contribution is -2.15. The van der Waals surface area contributed by atoms with E-state index in [1.165, 1.54) is 51.4 Å². The summed E-state index contributed by atoms with van der Waals surface area (Å²) in [6.07, 6.45) is 18.6. The molecule has 0 aliphatic carbocycles. The average Bonchev–Trinajstić information content (AvgIpc) is 3.48. The molecule has 2 aromatic rings. The number of furan rings is 1. The Balaban J connectivity index is 0.00000130. The van der Waals surface area contributed by atoms with Crippen LogP contribution in [0.25, 0.3) is 0 Å². The fraction of sp³-hybridized carbons (Fsp3) is 0.548. The Kier molecular flexibility index (Phi) is 23.3. The molecule has 1 aromatic heterocycles. The zero-order valence-electron chi connectivity index (χ0n) is 22.8. The van der Waals surface area contributed by atoms with Gasteiger partial charge in [0.1, 0.15) is 0 Å². The summed E-state index contributed by atoms with van der Waals surface area (Å²) in [5, 5.41) is 0. The Labute approximate surface area is 219 Å². The van der Waals surface area contributed by atoms with Crippen molar-refractivity contribution in [2.24, 2.45) is 0 Å². The summed E-state index contributed by atoms with van der Waals surface area (Å²) < 4.78 is 15.3. The monoisotopic (exact) mass is 500 g/mol. The highest BCUT2D eigenvalue weighted by Crippen LogP contribution is 2.14. The lowest BCUT2D eigenvalue weighted by atomic mass is 10.1. The fourth-order valence-corrected chi connectivity index (χ4v) is 3.32. The minimum atomic E-state index is -0.444. The van der Waals surface area contributed by atoms with Crippen LogP contribution in [0.5, 0.6) is 0 Å². The van der Waals surface area contributed by atoms with Gasteiger partial charge in [0.05, 0.1) is 36.9 Å². The van der Waals surface area contributed by atoms with Gasteiger partial charge in [-0.05, 0) is 44.0 Å². The van der Waals surface area contributed by atoms with Crippen molar-refractivity contribution in [1.82, 2.24) is 0 Å².